The summed E-state index contributed by atoms with van der Waals surface area (Å²) in [6.07, 6.45) is 0.359. The molecule has 4 nitrogen and oxygen atoms in total. The fourth-order valence-electron chi connectivity index (χ4n) is 2.12. The lowest BCUT2D eigenvalue weighted by Gasteiger charge is -2.24. The largest absolute Gasteiger partial charge is 0.375 e. The molecule has 1 saturated heterocycles. The molecule has 1 heterocycles. The molecule has 19 heavy (non-hydrogen) atoms. The summed E-state index contributed by atoms with van der Waals surface area (Å²) >= 11 is 5.94. The van der Waals surface area contributed by atoms with Gasteiger partial charge in [0.15, 0.2) is 0 Å². The Morgan fingerprint density at radius 2 is 2.47 bits per heavy atom. The van der Waals surface area contributed by atoms with Crippen LogP contribution in [0, 0.1) is 0 Å². The first kappa shape index (κ1) is 14.3. The van der Waals surface area contributed by atoms with Gasteiger partial charge in [-0.15, -0.1) is 0 Å². The van der Waals surface area contributed by atoms with Gasteiger partial charge in [0.1, 0.15) is 0 Å². The second-order valence-electron chi connectivity index (χ2n) is 4.75. The standard InChI is InChI=1S/C14H19ClN2O2/c1-10(11-3-2-4-12(15)7-11)17-14(18)8-13-9-16-5-6-19-13/h2-4,7,10,13,16H,5-6,8-9H2,1H3,(H,17,18)/t10-,13?/m0/s1. The summed E-state index contributed by atoms with van der Waals surface area (Å²) in [4.78, 5) is 11.9. The number of carbonyl (C=O) groups excluding carboxylic acids is 1. The Balaban J connectivity index is 1.84. The highest BCUT2D eigenvalue weighted by atomic mass is 35.5. The van der Waals surface area contributed by atoms with Gasteiger partial charge in [0.05, 0.1) is 25.2 Å². The molecule has 0 aliphatic carbocycles. The lowest BCUT2D eigenvalue weighted by molar-refractivity contribution is -0.125. The molecule has 104 valence electrons. The Bertz CT molecular complexity index is 433. The first-order valence-corrected chi connectivity index (χ1v) is 6.90. The zero-order valence-electron chi connectivity index (χ0n) is 11.0. The Morgan fingerprint density at radius 1 is 1.63 bits per heavy atom. The molecule has 2 N–H and O–H groups in total. The molecule has 1 unspecified atom stereocenters. The minimum absolute atomic E-state index is 0.00109. The molecule has 2 atom stereocenters. The molecule has 5 heteroatoms. The number of rotatable bonds is 4. The van der Waals surface area contributed by atoms with Crippen molar-refractivity contribution in [3.05, 3.63) is 34.9 Å². The maximum atomic E-state index is 11.9. The summed E-state index contributed by atoms with van der Waals surface area (Å²) in [6, 6.07) is 7.47. The van der Waals surface area contributed by atoms with Gasteiger partial charge in [-0.05, 0) is 24.6 Å². The summed E-state index contributed by atoms with van der Waals surface area (Å²) in [5.41, 5.74) is 1.00. The number of morpholine rings is 1. The zero-order chi connectivity index (χ0) is 13.7. The van der Waals surface area contributed by atoms with Crippen LogP contribution in [0.3, 0.4) is 0 Å². The molecule has 1 aliphatic heterocycles. The van der Waals surface area contributed by atoms with Crippen molar-refractivity contribution >= 4 is 17.5 Å². The third-order valence-electron chi connectivity index (χ3n) is 3.14. The van der Waals surface area contributed by atoms with E-state index in [-0.39, 0.29) is 18.1 Å². The average molecular weight is 283 g/mol. The van der Waals surface area contributed by atoms with Crippen molar-refractivity contribution in [2.45, 2.75) is 25.5 Å². The average Bonchev–Trinajstić information content (AvgIpc) is 2.39. The van der Waals surface area contributed by atoms with Crippen LogP contribution in [-0.4, -0.2) is 31.7 Å². The summed E-state index contributed by atoms with van der Waals surface area (Å²) in [5.74, 6) is 0.00109. The van der Waals surface area contributed by atoms with E-state index in [4.69, 9.17) is 16.3 Å². The van der Waals surface area contributed by atoms with Crippen LogP contribution in [-0.2, 0) is 9.53 Å². The number of hydrogen-bond acceptors (Lipinski definition) is 3. The van der Waals surface area contributed by atoms with Gasteiger partial charge >= 0.3 is 0 Å². The third kappa shape index (κ3) is 4.49. The van der Waals surface area contributed by atoms with Crippen LogP contribution in [0.1, 0.15) is 24.9 Å². The molecule has 0 aromatic heterocycles. The number of carbonyl (C=O) groups is 1. The van der Waals surface area contributed by atoms with Gasteiger partial charge in [0.2, 0.25) is 5.91 Å². The molecular formula is C14H19ClN2O2. The van der Waals surface area contributed by atoms with Gasteiger partial charge < -0.3 is 15.4 Å². The normalized spacial score (nSPS) is 20.8. The van der Waals surface area contributed by atoms with Crippen LogP contribution >= 0.6 is 11.6 Å². The first-order chi connectivity index (χ1) is 9.15. The second kappa shape index (κ2) is 6.89. The Labute approximate surface area is 118 Å². The monoisotopic (exact) mass is 282 g/mol. The number of nitrogens with one attached hydrogen (secondary N) is 2. The highest BCUT2D eigenvalue weighted by Crippen LogP contribution is 2.17. The van der Waals surface area contributed by atoms with E-state index in [0.29, 0.717) is 18.1 Å². The minimum Gasteiger partial charge on any atom is -0.375 e. The van der Waals surface area contributed by atoms with Crippen molar-refractivity contribution in [2.24, 2.45) is 0 Å². The van der Waals surface area contributed by atoms with Crippen LogP contribution in [0.5, 0.6) is 0 Å². The molecule has 0 bridgehead atoms. The molecular weight excluding hydrogens is 264 g/mol. The van der Waals surface area contributed by atoms with Gasteiger partial charge in [0.25, 0.3) is 0 Å². The van der Waals surface area contributed by atoms with Crippen LogP contribution in [0.4, 0.5) is 0 Å². The molecule has 0 saturated carbocycles. The first-order valence-electron chi connectivity index (χ1n) is 6.52. The van der Waals surface area contributed by atoms with Crippen molar-refractivity contribution in [1.82, 2.24) is 10.6 Å². The summed E-state index contributed by atoms with van der Waals surface area (Å²) < 4.78 is 5.51. The minimum atomic E-state index is -0.0530. The van der Waals surface area contributed by atoms with Gasteiger partial charge in [-0.3, -0.25) is 4.79 Å². The summed E-state index contributed by atoms with van der Waals surface area (Å²) in [7, 11) is 0. The number of amides is 1. The predicted octanol–water partition coefficient (Wildman–Crippen LogP) is 1.90. The summed E-state index contributed by atoms with van der Waals surface area (Å²) in [5, 5.41) is 6.85. The molecule has 2 rings (SSSR count). The molecule has 0 spiro atoms. The summed E-state index contributed by atoms with van der Waals surface area (Å²) in [6.45, 7) is 4.21. The zero-order valence-corrected chi connectivity index (χ0v) is 11.7. The lowest BCUT2D eigenvalue weighted by Crippen LogP contribution is -2.41. The van der Waals surface area contributed by atoms with Crippen molar-refractivity contribution in [2.75, 3.05) is 19.7 Å². The molecule has 1 fully saturated rings. The van der Waals surface area contributed by atoms with Crippen molar-refractivity contribution in [3.8, 4) is 0 Å². The Hall–Kier alpha value is -1.10. The SMILES string of the molecule is C[C@H](NC(=O)CC1CNCCO1)c1cccc(Cl)c1. The topological polar surface area (TPSA) is 50.4 Å². The number of benzene rings is 1. The van der Waals surface area contributed by atoms with E-state index >= 15 is 0 Å². The maximum absolute atomic E-state index is 11.9. The van der Waals surface area contributed by atoms with Crippen LogP contribution < -0.4 is 10.6 Å². The fraction of sp³-hybridized carbons (Fsp3) is 0.500. The Morgan fingerprint density at radius 3 is 3.16 bits per heavy atom. The van der Waals surface area contributed by atoms with E-state index in [9.17, 15) is 4.79 Å². The van der Waals surface area contributed by atoms with Gasteiger partial charge in [-0.25, -0.2) is 0 Å². The number of hydrogen-bond donors (Lipinski definition) is 2. The molecule has 1 aromatic carbocycles. The van der Waals surface area contributed by atoms with Crippen LogP contribution in [0.15, 0.2) is 24.3 Å². The Kier molecular flexibility index (Phi) is 5.19. The molecule has 1 amide bonds. The molecule has 1 aliphatic rings. The van der Waals surface area contributed by atoms with Gasteiger partial charge in [-0.1, -0.05) is 23.7 Å². The predicted molar refractivity (Wildman–Crippen MR) is 75.2 cm³/mol. The van der Waals surface area contributed by atoms with E-state index in [2.05, 4.69) is 10.6 Å². The van der Waals surface area contributed by atoms with E-state index in [1.807, 2.05) is 31.2 Å². The third-order valence-corrected chi connectivity index (χ3v) is 3.38. The smallest absolute Gasteiger partial charge is 0.223 e. The van der Waals surface area contributed by atoms with Crippen molar-refractivity contribution < 1.29 is 9.53 Å². The quantitative estimate of drug-likeness (QED) is 0.887. The van der Waals surface area contributed by atoms with Gasteiger partial charge in [-0.2, -0.15) is 0 Å². The van der Waals surface area contributed by atoms with Gasteiger partial charge in [0, 0.05) is 18.1 Å². The lowest BCUT2D eigenvalue weighted by atomic mass is 10.1. The van der Waals surface area contributed by atoms with Crippen LogP contribution in [0.25, 0.3) is 0 Å². The van der Waals surface area contributed by atoms with Crippen molar-refractivity contribution in [3.63, 3.8) is 0 Å². The van der Waals surface area contributed by atoms with E-state index < -0.39 is 0 Å². The molecule has 0 radical (unpaired) electrons. The maximum Gasteiger partial charge on any atom is 0.223 e. The number of halogens is 1. The van der Waals surface area contributed by atoms with Crippen molar-refractivity contribution in [1.29, 1.82) is 0 Å². The highest BCUT2D eigenvalue weighted by molar-refractivity contribution is 6.30. The van der Waals surface area contributed by atoms with E-state index in [1.54, 1.807) is 0 Å². The second-order valence-corrected chi connectivity index (χ2v) is 5.18. The van der Waals surface area contributed by atoms with E-state index in [0.717, 1.165) is 18.7 Å². The fourth-order valence-corrected chi connectivity index (χ4v) is 2.32. The van der Waals surface area contributed by atoms with Crippen LogP contribution in [0.2, 0.25) is 5.02 Å². The van der Waals surface area contributed by atoms with E-state index in [1.165, 1.54) is 0 Å². The number of ether oxygens (including phenoxy) is 1. The highest BCUT2D eigenvalue weighted by Gasteiger charge is 2.18. The molecule has 1 aromatic rings.